The van der Waals surface area contributed by atoms with Gasteiger partial charge in [0, 0.05) is 18.7 Å². The van der Waals surface area contributed by atoms with E-state index in [4.69, 9.17) is 0 Å². The molecule has 1 saturated heterocycles. The van der Waals surface area contributed by atoms with Gasteiger partial charge in [0.15, 0.2) is 0 Å². The first-order valence-corrected chi connectivity index (χ1v) is 7.33. The van der Waals surface area contributed by atoms with Crippen molar-refractivity contribution in [1.82, 2.24) is 5.32 Å². The lowest BCUT2D eigenvalue weighted by atomic mass is 9.97. The molecule has 1 aliphatic rings. The first kappa shape index (κ1) is 14.8. The third kappa shape index (κ3) is 3.28. The van der Waals surface area contributed by atoms with Crippen molar-refractivity contribution < 1.29 is 4.92 Å². The number of aryl methyl sites for hydroxylation is 1. The van der Waals surface area contributed by atoms with Crippen LogP contribution in [-0.2, 0) is 0 Å². The van der Waals surface area contributed by atoms with Gasteiger partial charge in [-0.05, 0) is 51.8 Å². The quantitative estimate of drug-likeness (QED) is 0.664. The molecule has 1 aromatic carbocycles. The number of piperidine rings is 1. The Morgan fingerprint density at radius 2 is 2.10 bits per heavy atom. The minimum atomic E-state index is -0.254. The van der Waals surface area contributed by atoms with E-state index in [1.165, 1.54) is 0 Å². The van der Waals surface area contributed by atoms with E-state index in [1.807, 2.05) is 12.1 Å². The summed E-state index contributed by atoms with van der Waals surface area (Å²) in [6.07, 6.45) is 2.30. The lowest BCUT2D eigenvalue weighted by Gasteiger charge is -2.30. The van der Waals surface area contributed by atoms with Crippen LogP contribution in [0.5, 0.6) is 0 Å². The molecular formula is C15H23N3O2. The minimum absolute atomic E-state index is 0.253. The standard InChI is InChI=1S/C15H23N3O2/c1-3-17(11-13-7-9-16-10-8-13)14-6-4-5-12(2)15(14)18(19)20/h4-6,13,16H,3,7-11H2,1-2H3. The molecule has 0 amide bonds. The summed E-state index contributed by atoms with van der Waals surface area (Å²) in [6, 6.07) is 5.58. The van der Waals surface area contributed by atoms with E-state index in [2.05, 4.69) is 17.1 Å². The van der Waals surface area contributed by atoms with Crippen LogP contribution in [0, 0.1) is 23.0 Å². The minimum Gasteiger partial charge on any atom is -0.366 e. The van der Waals surface area contributed by atoms with Crippen molar-refractivity contribution in [3.63, 3.8) is 0 Å². The maximum absolute atomic E-state index is 11.3. The summed E-state index contributed by atoms with van der Waals surface area (Å²) in [6.45, 7) is 7.68. The second-order valence-corrected chi connectivity index (χ2v) is 5.43. The van der Waals surface area contributed by atoms with E-state index in [1.54, 1.807) is 13.0 Å². The zero-order chi connectivity index (χ0) is 14.5. The van der Waals surface area contributed by atoms with Gasteiger partial charge in [0.1, 0.15) is 5.69 Å². The van der Waals surface area contributed by atoms with E-state index < -0.39 is 0 Å². The number of para-hydroxylation sites is 1. The van der Waals surface area contributed by atoms with Gasteiger partial charge in [0.05, 0.1) is 4.92 Å². The summed E-state index contributed by atoms with van der Waals surface area (Å²) in [5.41, 5.74) is 1.75. The average Bonchev–Trinajstić information content (AvgIpc) is 2.45. The zero-order valence-electron chi connectivity index (χ0n) is 12.3. The van der Waals surface area contributed by atoms with Crippen LogP contribution >= 0.6 is 0 Å². The normalized spacial score (nSPS) is 16.1. The van der Waals surface area contributed by atoms with Crippen LogP contribution in [0.2, 0.25) is 0 Å². The molecule has 0 aromatic heterocycles. The first-order valence-electron chi connectivity index (χ1n) is 7.33. The fraction of sp³-hybridized carbons (Fsp3) is 0.600. The van der Waals surface area contributed by atoms with Crippen LogP contribution in [-0.4, -0.2) is 31.1 Å². The molecule has 1 aliphatic heterocycles. The van der Waals surface area contributed by atoms with Crippen LogP contribution < -0.4 is 10.2 Å². The van der Waals surface area contributed by atoms with Crippen molar-refractivity contribution in [1.29, 1.82) is 0 Å². The largest absolute Gasteiger partial charge is 0.366 e. The number of hydrogen-bond acceptors (Lipinski definition) is 4. The Kier molecular flexibility index (Phi) is 4.95. The van der Waals surface area contributed by atoms with Crippen molar-refractivity contribution >= 4 is 11.4 Å². The summed E-state index contributed by atoms with van der Waals surface area (Å²) < 4.78 is 0. The summed E-state index contributed by atoms with van der Waals surface area (Å²) in [4.78, 5) is 13.2. The van der Waals surface area contributed by atoms with Gasteiger partial charge in [0.2, 0.25) is 0 Å². The van der Waals surface area contributed by atoms with E-state index >= 15 is 0 Å². The van der Waals surface area contributed by atoms with Gasteiger partial charge in [0.25, 0.3) is 5.69 Å². The number of nitro benzene ring substituents is 1. The maximum atomic E-state index is 11.3. The molecule has 2 rings (SSSR count). The molecule has 1 fully saturated rings. The highest BCUT2D eigenvalue weighted by Crippen LogP contribution is 2.32. The van der Waals surface area contributed by atoms with Gasteiger partial charge >= 0.3 is 0 Å². The first-order chi connectivity index (χ1) is 9.63. The average molecular weight is 277 g/mol. The SMILES string of the molecule is CCN(CC1CCNCC1)c1cccc(C)c1[N+](=O)[O-]. The summed E-state index contributed by atoms with van der Waals surface area (Å²) >= 11 is 0. The number of hydrogen-bond donors (Lipinski definition) is 1. The van der Waals surface area contributed by atoms with Crippen LogP contribution in [0.25, 0.3) is 0 Å². The second kappa shape index (κ2) is 6.70. The molecule has 0 unspecified atom stereocenters. The zero-order valence-corrected chi connectivity index (χ0v) is 12.3. The van der Waals surface area contributed by atoms with E-state index in [0.29, 0.717) is 5.92 Å². The Bertz CT molecular complexity index is 470. The molecule has 110 valence electrons. The Morgan fingerprint density at radius 1 is 1.40 bits per heavy atom. The van der Waals surface area contributed by atoms with Gasteiger partial charge < -0.3 is 10.2 Å². The Morgan fingerprint density at radius 3 is 2.70 bits per heavy atom. The molecule has 1 aromatic rings. The third-order valence-electron chi connectivity index (χ3n) is 4.06. The molecule has 5 nitrogen and oxygen atoms in total. The monoisotopic (exact) mass is 277 g/mol. The maximum Gasteiger partial charge on any atom is 0.295 e. The Labute approximate surface area is 120 Å². The van der Waals surface area contributed by atoms with Crippen LogP contribution in [0.1, 0.15) is 25.3 Å². The van der Waals surface area contributed by atoms with Crippen LogP contribution in [0.4, 0.5) is 11.4 Å². The fourth-order valence-electron chi connectivity index (χ4n) is 2.91. The molecule has 0 saturated carbocycles. The molecule has 1 heterocycles. The van der Waals surface area contributed by atoms with Gasteiger partial charge in [-0.1, -0.05) is 12.1 Å². The lowest BCUT2D eigenvalue weighted by Crippen LogP contribution is -2.36. The van der Waals surface area contributed by atoms with E-state index in [0.717, 1.165) is 50.3 Å². The van der Waals surface area contributed by atoms with Gasteiger partial charge in [-0.25, -0.2) is 0 Å². The topological polar surface area (TPSA) is 58.4 Å². The molecule has 0 radical (unpaired) electrons. The highest BCUT2D eigenvalue weighted by molar-refractivity contribution is 5.66. The van der Waals surface area contributed by atoms with Crippen molar-refractivity contribution in [2.24, 2.45) is 5.92 Å². The molecule has 1 N–H and O–H groups in total. The predicted molar refractivity (Wildman–Crippen MR) is 81.3 cm³/mol. The lowest BCUT2D eigenvalue weighted by molar-refractivity contribution is -0.384. The van der Waals surface area contributed by atoms with Crippen molar-refractivity contribution in [3.8, 4) is 0 Å². The Balaban J connectivity index is 2.22. The molecule has 0 aliphatic carbocycles. The van der Waals surface area contributed by atoms with Gasteiger partial charge in [-0.15, -0.1) is 0 Å². The van der Waals surface area contributed by atoms with Crippen LogP contribution in [0.15, 0.2) is 18.2 Å². The van der Waals surface area contributed by atoms with Crippen molar-refractivity contribution in [2.75, 3.05) is 31.1 Å². The number of nitrogens with zero attached hydrogens (tertiary/aromatic N) is 2. The highest BCUT2D eigenvalue weighted by Gasteiger charge is 2.23. The summed E-state index contributed by atoms with van der Waals surface area (Å²) in [7, 11) is 0. The summed E-state index contributed by atoms with van der Waals surface area (Å²) in [5, 5.41) is 14.7. The molecule has 5 heteroatoms. The number of benzene rings is 1. The second-order valence-electron chi connectivity index (χ2n) is 5.43. The van der Waals surface area contributed by atoms with E-state index in [9.17, 15) is 10.1 Å². The molecule has 0 spiro atoms. The Hall–Kier alpha value is -1.62. The van der Waals surface area contributed by atoms with Gasteiger partial charge in [-0.3, -0.25) is 10.1 Å². The molecule has 0 bridgehead atoms. The number of nitrogens with one attached hydrogen (secondary N) is 1. The van der Waals surface area contributed by atoms with E-state index in [-0.39, 0.29) is 10.6 Å². The molecular weight excluding hydrogens is 254 g/mol. The smallest absolute Gasteiger partial charge is 0.295 e. The van der Waals surface area contributed by atoms with Crippen molar-refractivity contribution in [3.05, 3.63) is 33.9 Å². The third-order valence-corrected chi connectivity index (χ3v) is 4.06. The number of nitro groups is 1. The van der Waals surface area contributed by atoms with Crippen LogP contribution in [0.3, 0.4) is 0 Å². The van der Waals surface area contributed by atoms with Gasteiger partial charge in [-0.2, -0.15) is 0 Å². The number of anilines is 1. The summed E-state index contributed by atoms with van der Waals surface area (Å²) in [5.74, 6) is 0.622. The van der Waals surface area contributed by atoms with Crippen molar-refractivity contribution in [2.45, 2.75) is 26.7 Å². The highest BCUT2D eigenvalue weighted by atomic mass is 16.6. The predicted octanol–water partition coefficient (Wildman–Crippen LogP) is 2.73. The number of rotatable bonds is 5. The fourth-order valence-corrected chi connectivity index (χ4v) is 2.91. The molecule has 0 atom stereocenters. The molecule has 20 heavy (non-hydrogen) atoms.